The maximum Gasteiger partial charge on any atom is 0.260 e. The predicted octanol–water partition coefficient (Wildman–Crippen LogP) is 2.27. The molecule has 5 heteroatoms. The Labute approximate surface area is 125 Å². The van der Waals surface area contributed by atoms with Gasteiger partial charge in [0.1, 0.15) is 0 Å². The molecule has 2 amide bonds. The molecular formula is C16H25FN2O2. The highest BCUT2D eigenvalue weighted by atomic mass is 19.1. The summed E-state index contributed by atoms with van der Waals surface area (Å²) < 4.78 is 14.3. The zero-order valence-electron chi connectivity index (χ0n) is 12.9. The zero-order chi connectivity index (χ0) is 15.1. The van der Waals surface area contributed by atoms with Crippen LogP contribution in [-0.2, 0) is 9.59 Å². The monoisotopic (exact) mass is 296 g/mol. The molecule has 0 aromatic rings. The fourth-order valence-corrected chi connectivity index (χ4v) is 4.27. The number of halogens is 1. The average Bonchev–Trinajstić information content (AvgIpc) is 2.61. The molecule has 1 aliphatic carbocycles. The van der Waals surface area contributed by atoms with Crippen molar-refractivity contribution in [3.63, 3.8) is 0 Å². The second kappa shape index (κ2) is 5.25. The Hall–Kier alpha value is -1.13. The molecule has 0 N–H and O–H groups in total. The van der Waals surface area contributed by atoms with Gasteiger partial charge in [-0.2, -0.15) is 0 Å². The van der Waals surface area contributed by atoms with Gasteiger partial charge in [0.2, 0.25) is 5.91 Å². The van der Waals surface area contributed by atoms with E-state index in [1.165, 1.54) is 0 Å². The Balaban J connectivity index is 1.69. The van der Waals surface area contributed by atoms with Crippen molar-refractivity contribution in [2.45, 2.75) is 69.5 Å². The summed E-state index contributed by atoms with van der Waals surface area (Å²) in [7, 11) is 0. The van der Waals surface area contributed by atoms with E-state index in [0.717, 1.165) is 38.6 Å². The lowest BCUT2D eigenvalue weighted by Crippen LogP contribution is -2.51. The number of hydrogen-bond donors (Lipinski definition) is 0. The lowest BCUT2D eigenvalue weighted by atomic mass is 9.81. The number of alkyl halides is 1. The van der Waals surface area contributed by atoms with E-state index in [2.05, 4.69) is 0 Å². The Morgan fingerprint density at radius 1 is 1.14 bits per heavy atom. The molecule has 0 radical (unpaired) electrons. The van der Waals surface area contributed by atoms with Crippen molar-refractivity contribution in [3.8, 4) is 0 Å². The molecule has 0 bridgehead atoms. The average molecular weight is 296 g/mol. The normalized spacial score (nSPS) is 32.2. The van der Waals surface area contributed by atoms with Crippen molar-refractivity contribution in [2.75, 3.05) is 19.6 Å². The highest BCUT2D eigenvalue weighted by molar-refractivity contribution is 5.86. The summed E-state index contributed by atoms with van der Waals surface area (Å²) in [6.45, 7) is 3.98. The van der Waals surface area contributed by atoms with Crippen molar-refractivity contribution in [2.24, 2.45) is 0 Å². The summed E-state index contributed by atoms with van der Waals surface area (Å²) in [4.78, 5) is 28.1. The van der Waals surface area contributed by atoms with E-state index in [1.807, 2.05) is 11.8 Å². The number of nitrogens with zero attached hydrogens (tertiary/aromatic N) is 2. The van der Waals surface area contributed by atoms with Crippen molar-refractivity contribution in [1.29, 1.82) is 0 Å². The SMILES string of the molecule is CCN1C(=O)CCC12CCCN(C(=O)C1(F)CCC1)CC2. The van der Waals surface area contributed by atoms with Gasteiger partial charge in [-0.15, -0.1) is 0 Å². The zero-order valence-corrected chi connectivity index (χ0v) is 12.9. The van der Waals surface area contributed by atoms with Crippen LogP contribution in [0.25, 0.3) is 0 Å². The first-order valence-electron chi connectivity index (χ1n) is 8.30. The molecule has 0 aromatic carbocycles. The van der Waals surface area contributed by atoms with Gasteiger partial charge in [0.25, 0.3) is 5.91 Å². The van der Waals surface area contributed by atoms with Gasteiger partial charge in [-0.25, -0.2) is 4.39 Å². The van der Waals surface area contributed by atoms with Gasteiger partial charge >= 0.3 is 0 Å². The van der Waals surface area contributed by atoms with Gasteiger partial charge in [0, 0.05) is 31.6 Å². The van der Waals surface area contributed by atoms with Crippen molar-refractivity contribution >= 4 is 11.8 Å². The minimum atomic E-state index is -1.59. The molecule has 0 aromatic heterocycles. The summed E-state index contributed by atoms with van der Waals surface area (Å²) in [6.07, 6.45) is 5.70. The summed E-state index contributed by atoms with van der Waals surface area (Å²) in [6, 6.07) is 0. The Morgan fingerprint density at radius 3 is 2.52 bits per heavy atom. The summed E-state index contributed by atoms with van der Waals surface area (Å²) >= 11 is 0. The molecular weight excluding hydrogens is 271 g/mol. The molecule has 3 rings (SSSR count). The lowest BCUT2D eigenvalue weighted by molar-refractivity contribution is -0.149. The van der Waals surface area contributed by atoms with Gasteiger partial charge in [0.05, 0.1) is 0 Å². The second-order valence-corrected chi connectivity index (χ2v) is 6.83. The molecule has 3 fully saturated rings. The largest absolute Gasteiger partial charge is 0.340 e. The van der Waals surface area contributed by atoms with Crippen LogP contribution >= 0.6 is 0 Å². The summed E-state index contributed by atoms with van der Waals surface area (Å²) in [5.41, 5.74) is -1.67. The van der Waals surface area contributed by atoms with Gasteiger partial charge in [-0.1, -0.05) is 0 Å². The number of carbonyl (C=O) groups excluding carboxylic acids is 2. The predicted molar refractivity (Wildman–Crippen MR) is 77.5 cm³/mol. The van der Waals surface area contributed by atoms with Crippen molar-refractivity contribution < 1.29 is 14.0 Å². The van der Waals surface area contributed by atoms with Crippen LogP contribution in [-0.4, -0.2) is 52.5 Å². The highest BCUT2D eigenvalue weighted by Gasteiger charge is 2.49. The van der Waals surface area contributed by atoms with Gasteiger partial charge in [0.15, 0.2) is 5.67 Å². The third-order valence-electron chi connectivity index (χ3n) is 5.73. The maximum atomic E-state index is 14.3. The molecule has 2 heterocycles. The van der Waals surface area contributed by atoms with Crippen LogP contribution in [0, 0.1) is 0 Å². The number of amides is 2. The highest BCUT2D eigenvalue weighted by Crippen LogP contribution is 2.41. The first kappa shape index (κ1) is 14.8. The topological polar surface area (TPSA) is 40.6 Å². The molecule has 3 aliphatic rings. The van der Waals surface area contributed by atoms with Crippen LogP contribution in [0.15, 0.2) is 0 Å². The standard InChI is InChI=1S/C16H25FN2O2/c1-2-19-13(20)5-9-15(19)6-4-11-18(12-10-15)14(21)16(17)7-3-8-16/h2-12H2,1H3. The van der Waals surface area contributed by atoms with Gasteiger partial charge < -0.3 is 9.80 Å². The first-order chi connectivity index (χ1) is 10.0. The molecule has 1 saturated carbocycles. The first-order valence-corrected chi connectivity index (χ1v) is 8.30. The second-order valence-electron chi connectivity index (χ2n) is 6.83. The van der Waals surface area contributed by atoms with E-state index in [-0.39, 0.29) is 17.4 Å². The van der Waals surface area contributed by atoms with Crippen LogP contribution in [0.1, 0.15) is 58.3 Å². The van der Waals surface area contributed by atoms with Crippen LogP contribution in [0.4, 0.5) is 4.39 Å². The third kappa shape index (κ3) is 2.34. The van der Waals surface area contributed by atoms with E-state index >= 15 is 0 Å². The van der Waals surface area contributed by atoms with Gasteiger partial charge in [-0.3, -0.25) is 9.59 Å². The molecule has 4 nitrogen and oxygen atoms in total. The number of hydrogen-bond acceptors (Lipinski definition) is 2. The summed E-state index contributed by atoms with van der Waals surface area (Å²) in [5.74, 6) is -0.0728. The van der Waals surface area contributed by atoms with Crippen LogP contribution < -0.4 is 0 Å². The fraction of sp³-hybridized carbons (Fsp3) is 0.875. The molecule has 118 valence electrons. The number of carbonyl (C=O) groups is 2. The van der Waals surface area contributed by atoms with Crippen LogP contribution in [0.2, 0.25) is 0 Å². The van der Waals surface area contributed by atoms with E-state index in [0.29, 0.717) is 32.4 Å². The molecule has 1 spiro atoms. The van der Waals surface area contributed by atoms with E-state index in [9.17, 15) is 14.0 Å². The quantitative estimate of drug-likeness (QED) is 0.784. The molecule has 1 unspecified atom stereocenters. The van der Waals surface area contributed by atoms with Crippen LogP contribution in [0.3, 0.4) is 0 Å². The summed E-state index contributed by atoms with van der Waals surface area (Å²) in [5, 5.41) is 0. The van der Waals surface area contributed by atoms with E-state index < -0.39 is 5.67 Å². The van der Waals surface area contributed by atoms with E-state index in [4.69, 9.17) is 0 Å². The number of rotatable bonds is 2. The van der Waals surface area contributed by atoms with Crippen molar-refractivity contribution in [1.82, 2.24) is 9.80 Å². The lowest BCUT2D eigenvalue weighted by Gasteiger charge is -2.38. The minimum Gasteiger partial charge on any atom is -0.340 e. The fourth-order valence-electron chi connectivity index (χ4n) is 4.27. The van der Waals surface area contributed by atoms with Gasteiger partial charge in [-0.05, 0) is 51.9 Å². The minimum absolute atomic E-state index is 0.0794. The van der Waals surface area contributed by atoms with Crippen molar-refractivity contribution in [3.05, 3.63) is 0 Å². The molecule has 2 saturated heterocycles. The third-order valence-corrected chi connectivity index (χ3v) is 5.73. The molecule has 1 atom stereocenters. The number of likely N-dealkylation sites (tertiary alicyclic amines) is 2. The van der Waals surface area contributed by atoms with E-state index in [1.54, 1.807) is 4.90 Å². The smallest absolute Gasteiger partial charge is 0.260 e. The Morgan fingerprint density at radius 2 is 1.90 bits per heavy atom. The Kier molecular flexibility index (Phi) is 3.70. The van der Waals surface area contributed by atoms with Crippen LogP contribution in [0.5, 0.6) is 0 Å². The molecule has 21 heavy (non-hydrogen) atoms. The molecule has 2 aliphatic heterocycles. The Bertz CT molecular complexity index is 450. The maximum absolute atomic E-state index is 14.3.